The van der Waals surface area contributed by atoms with Crippen molar-refractivity contribution in [1.29, 1.82) is 0 Å². The molecule has 0 spiro atoms. The predicted molar refractivity (Wildman–Crippen MR) is 80.3 cm³/mol. The number of hydrogen-bond acceptors (Lipinski definition) is 3. The number of anilines is 2. The van der Waals surface area contributed by atoms with Gasteiger partial charge in [-0.3, -0.25) is 4.79 Å². The molecule has 0 saturated carbocycles. The summed E-state index contributed by atoms with van der Waals surface area (Å²) in [6, 6.07) is 16.8. The number of rotatable bonds is 5. The van der Waals surface area contributed by atoms with Crippen molar-refractivity contribution in [3.63, 3.8) is 0 Å². The molecular weight excluding hydrogens is 252 g/mol. The smallest absolute Gasteiger partial charge is 0.250 e. The van der Waals surface area contributed by atoms with E-state index in [9.17, 15) is 4.79 Å². The van der Waals surface area contributed by atoms with Crippen LogP contribution in [0.3, 0.4) is 0 Å². The molecular formula is C16H18N2O2. The highest BCUT2D eigenvalue weighted by Crippen LogP contribution is 2.16. The van der Waals surface area contributed by atoms with Gasteiger partial charge in [0.25, 0.3) is 0 Å². The van der Waals surface area contributed by atoms with Crippen LogP contribution in [0.15, 0.2) is 54.6 Å². The van der Waals surface area contributed by atoms with Gasteiger partial charge >= 0.3 is 0 Å². The molecule has 4 heteroatoms. The molecule has 2 rings (SSSR count). The van der Waals surface area contributed by atoms with Crippen LogP contribution in [-0.4, -0.2) is 12.5 Å². The van der Waals surface area contributed by atoms with Gasteiger partial charge in [0.1, 0.15) is 6.61 Å². The summed E-state index contributed by atoms with van der Waals surface area (Å²) in [5.74, 6) is -0.196. The van der Waals surface area contributed by atoms with E-state index in [-0.39, 0.29) is 18.6 Å². The van der Waals surface area contributed by atoms with Crippen molar-refractivity contribution < 1.29 is 9.53 Å². The van der Waals surface area contributed by atoms with Gasteiger partial charge in [0.2, 0.25) is 5.91 Å². The van der Waals surface area contributed by atoms with Gasteiger partial charge in [0.05, 0.1) is 6.10 Å². The van der Waals surface area contributed by atoms with Crippen molar-refractivity contribution in [3.05, 3.63) is 60.2 Å². The second-order valence-electron chi connectivity index (χ2n) is 4.54. The Kier molecular flexibility index (Phi) is 4.74. The minimum Gasteiger partial charge on any atom is -0.399 e. The summed E-state index contributed by atoms with van der Waals surface area (Å²) in [6.07, 6.45) is -0.122. The molecule has 0 saturated heterocycles. The van der Waals surface area contributed by atoms with Crippen LogP contribution in [0.4, 0.5) is 11.4 Å². The maximum Gasteiger partial charge on any atom is 0.250 e. The fourth-order valence-electron chi connectivity index (χ4n) is 1.83. The highest BCUT2D eigenvalue weighted by atomic mass is 16.5. The summed E-state index contributed by atoms with van der Waals surface area (Å²) >= 11 is 0. The molecule has 0 aromatic heterocycles. The molecule has 2 aromatic rings. The third-order valence-electron chi connectivity index (χ3n) is 2.90. The lowest BCUT2D eigenvalue weighted by atomic mass is 10.1. The number of benzene rings is 2. The normalized spacial score (nSPS) is 11.8. The predicted octanol–water partition coefficient (Wildman–Crippen LogP) is 2.99. The lowest BCUT2D eigenvalue weighted by Crippen LogP contribution is -2.19. The fourth-order valence-corrected chi connectivity index (χ4v) is 1.83. The number of carbonyl (C=O) groups is 1. The van der Waals surface area contributed by atoms with Crippen LogP contribution in [0, 0.1) is 0 Å². The first-order valence-corrected chi connectivity index (χ1v) is 6.47. The molecule has 0 radical (unpaired) electrons. The summed E-state index contributed by atoms with van der Waals surface area (Å²) in [4.78, 5) is 11.8. The van der Waals surface area contributed by atoms with Crippen LogP contribution in [0.25, 0.3) is 0 Å². The molecule has 0 fully saturated rings. The van der Waals surface area contributed by atoms with Crippen LogP contribution in [-0.2, 0) is 9.53 Å². The van der Waals surface area contributed by atoms with Gasteiger partial charge in [-0.25, -0.2) is 0 Å². The molecule has 0 heterocycles. The standard InChI is InChI=1S/C16H18N2O2/c1-12(13-6-3-2-4-7-13)20-11-16(19)18-15-9-5-8-14(17)10-15/h2-10,12H,11,17H2,1H3,(H,18,19). The summed E-state index contributed by atoms with van der Waals surface area (Å²) in [5.41, 5.74) is 7.98. The number of amides is 1. The van der Waals surface area contributed by atoms with Crippen LogP contribution < -0.4 is 11.1 Å². The molecule has 0 aliphatic carbocycles. The van der Waals surface area contributed by atoms with Crippen LogP contribution in [0.1, 0.15) is 18.6 Å². The van der Waals surface area contributed by atoms with Gasteiger partial charge in [0.15, 0.2) is 0 Å². The molecule has 20 heavy (non-hydrogen) atoms. The summed E-state index contributed by atoms with van der Waals surface area (Å²) in [6.45, 7) is 1.92. The van der Waals surface area contributed by atoms with E-state index in [1.807, 2.05) is 37.3 Å². The number of carbonyl (C=O) groups excluding carboxylic acids is 1. The average Bonchev–Trinajstić information content (AvgIpc) is 2.46. The largest absolute Gasteiger partial charge is 0.399 e. The zero-order valence-corrected chi connectivity index (χ0v) is 11.4. The van der Waals surface area contributed by atoms with Gasteiger partial charge in [-0.05, 0) is 30.7 Å². The van der Waals surface area contributed by atoms with E-state index in [1.165, 1.54) is 0 Å². The van der Waals surface area contributed by atoms with Crippen LogP contribution in [0.2, 0.25) is 0 Å². The first kappa shape index (κ1) is 14.1. The Morgan fingerprint density at radius 2 is 1.95 bits per heavy atom. The molecule has 1 atom stereocenters. The SMILES string of the molecule is CC(OCC(=O)Nc1cccc(N)c1)c1ccccc1. The van der Waals surface area contributed by atoms with Crippen molar-refractivity contribution >= 4 is 17.3 Å². The number of nitrogen functional groups attached to an aromatic ring is 1. The average molecular weight is 270 g/mol. The molecule has 0 aliphatic rings. The van der Waals surface area contributed by atoms with E-state index >= 15 is 0 Å². The maximum absolute atomic E-state index is 11.8. The lowest BCUT2D eigenvalue weighted by molar-refractivity contribution is -0.122. The monoisotopic (exact) mass is 270 g/mol. The number of nitrogens with two attached hydrogens (primary N) is 1. The number of nitrogens with one attached hydrogen (secondary N) is 1. The molecule has 0 aliphatic heterocycles. The Morgan fingerprint density at radius 1 is 1.20 bits per heavy atom. The van der Waals surface area contributed by atoms with Crippen molar-refractivity contribution in [3.8, 4) is 0 Å². The molecule has 104 valence electrons. The lowest BCUT2D eigenvalue weighted by Gasteiger charge is -2.13. The van der Waals surface area contributed by atoms with E-state index in [0.717, 1.165) is 5.56 Å². The van der Waals surface area contributed by atoms with E-state index in [0.29, 0.717) is 11.4 Å². The van der Waals surface area contributed by atoms with E-state index in [2.05, 4.69) is 5.32 Å². The Hall–Kier alpha value is -2.33. The molecule has 3 N–H and O–H groups in total. The summed E-state index contributed by atoms with van der Waals surface area (Å²) < 4.78 is 5.55. The first-order chi connectivity index (χ1) is 9.65. The van der Waals surface area contributed by atoms with Gasteiger partial charge in [0, 0.05) is 11.4 Å². The first-order valence-electron chi connectivity index (χ1n) is 6.47. The Bertz CT molecular complexity index is 570. The second-order valence-corrected chi connectivity index (χ2v) is 4.54. The zero-order chi connectivity index (χ0) is 14.4. The third-order valence-corrected chi connectivity index (χ3v) is 2.90. The molecule has 1 amide bonds. The highest BCUT2D eigenvalue weighted by molar-refractivity contribution is 5.92. The number of ether oxygens (including phenoxy) is 1. The van der Waals surface area contributed by atoms with Crippen molar-refractivity contribution in [2.24, 2.45) is 0 Å². The van der Waals surface area contributed by atoms with Gasteiger partial charge in [-0.2, -0.15) is 0 Å². The van der Waals surface area contributed by atoms with Crippen molar-refractivity contribution in [1.82, 2.24) is 0 Å². The molecule has 1 unspecified atom stereocenters. The van der Waals surface area contributed by atoms with E-state index in [4.69, 9.17) is 10.5 Å². The maximum atomic E-state index is 11.8. The molecule has 2 aromatic carbocycles. The van der Waals surface area contributed by atoms with Crippen molar-refractivity contribution in [2.75, 3.05) is 17.7 Å². The minimum atomic E-state index is -0.196. The fraction of sp³-hybridized carbons (Fsp3) is 0.188. The topological polar surface area (TPSA) is 64.3 Å². The molecule has 4 nitrogen and oxygen atoms in total. The third kappa shape index (κ3) is 4.10. The number of hydrogen-bond donors (Lipinski definition) is 2. The van der Waals surface area contributed by atoms with Gasteiger partial charge < -0.3 is 15.8 Å². The van der Waals surface area contributed by atoms with Crippen LogP contribution >= 0.6 is 0 Å². The van der Waals surface area contributed by atoms with E-state index in [1.54, 1.807) is 24.3 Å². The van der Waals surface area contributed by atoms with Crippen molar-refractivity contribution in [2.45, 2.75) is 13.0 Å². The summed E-state index contributed by atoms with van der Waals surface area (Å²) in [5, 5.41) is 2.75. The molecule has 0 bridgehead atoms. The highest BCUT2D eigenvalue weighted by Gasteiger charge is 2.08. The Morgan fingerprint density at radius 3 is 2.65 bits per heavy atom. The Labute approximate surface area is 118 Å². The van der Waals surface area contributed by atoms with Crippen LogP contribution in [0.5, 0.6) is 0 Å². The summed E-state index contributed by atoms with van der Waals surface area (Å²) in [7, 11) is 0. The zero-order valence-electron chi connectivity index (χ0n) is 11.4. The second kappa shape index (κ2) is 6.73. The van der Waals surface area contributed by atoms with E-state index < -0.39 is 0 Å². The van der Waals surface area contributed by atoms with Gasteiger partial charge in [-0.15, -0.1) is 0 Å². The Balaban J connectivity index is 1.83. The quantitative estimate of drug-likeness (QED) is 0.821. The van der Waals surface area contributed by atoms with Gasteiger partial charge in [-0.1, -0.05) is 36.4 Å². The minimum absolute atomic E-state index is 0.00482.